The van der Waals surface area contributed by atoms with E-state index in [9.17, 15) is 0 Å². The summed E-state index contributed by atoms with van der Waals surface area (Å²) in [6.45, 7) is 49.5. The molecule has 1 aromatic heterocycles. The smallest absolute Gasteiger partial charge is 0.199 e. The van der Waals surface area contributed by atoms with Gasteiger partial charge < -0.3 is 14.7 Å². The third-order valence-corrected chi connectivity index (χ3v) is 25.4. The number of rotatable bonds is 6. The Morgan fingerprint density at radius 1 is 0.438 bits per heavy atom. The van der Waals surface area contributed by atoms with Crippen LogP contribution in [-0.4, -0.2) is 12.8 Å². The largest absolute Gasteiger partial charge is 0.334 e. The zero-order valence-corrected chi connectivity index (χ0v) is 58.8. The summed E-state index contributed by atoms with van der Waals surface area (Å²) in [5.41, 5.74) is 28.2. The highest BCUT2D eigenvalue weighted by Gasteiger charge is 2.59. The van der Waals surface area contributed by atoms with Crippen LogP contribution in [0.25, 0.3) is 21.2 Å². The fourth-order valence-corrected chi connectivity index (χ4v) is 18.7. The van der Waals surface area contributed by atoms with E-state index in [0.717, 1.165) is 12.8 Å². The molecule has 5 heteroatoms. The van der Waals surface area contributed by atoms with Gasteiger partial charge >= 0.3 is 0 Å². The number of benzene rings is 7. The molecule has 3 nitrogen and oxygen atoms in total. The van der Waals surface area contributed by atoms with Crippen LogP contribution in [0.3, 0.4) is 0 Å². The van der Waals surface area contributed by atoms with Gasteiger partial charge in [-0.25, -0.2) is 0 Å². The maximum absolute atomic E-state index is 2.93. The Morgan fingerprint density at radius 3 is 1.60 bits per heavy atom. The molecule has 0 bridgehead atoms. The van der Waals surface area contributed by atoms with E-state index < -0.39 is 0 Å². The molecule has 0 amide bonds. The van der Waals surface area contributed by atoms with E-state index >= 15 is 0 Å². The van der Waals surface area contributed by atoms with Crippen LogP contribution in [0, 0.1) is 0 Å². The van der Waals surface area contributed by atoms with E-state index in [2.05, 4.69) is 287 Å². The van der Waals surface area contributed by atoms with Crippen LogP contribution in [-0.2, 0) is 48.7 Å². The summed E-state index contributed by atoms with van der Waals surface area (Å²) in [5, 5.41) is 3.88. The predicted octanol–water partition coefficient (Wildman–Crippen LogP) is 22.9. The Bertz CT molecular complexity index is 4210. The molecule has 0 saturated heterocycles. The van der Waals surface area contributed by atoms with E-state index in [1.54, 1.807) is 11.1 Å². The van der Waals surface area contributed by atoms with Crippen LogP contribution in [0.4, 0.5) is 45.5 Å². The molecule has 6 aliphatic rings. The third kappa shape index (κ3) is 9.33. The Hall–Kier alpha value is -6.04. The lowest BCUT2D eigenvalue weighted by molar-refractivity contribution is 0.194. The van der Waals surface area contributed by atoms with E-state index in [0.29, 0.717) is 0 Å². The molecule has 2 atom stereocenters. The lowest BCUT2D eigenvalue weighted by Crippen LogP contribution is -2.54. The van der Waals surface area contributed by atoms with Crippen molar-refractivity contribution in [1.82, 2.24) is 0 Å². The molecule has 1 fully saturated rings. The fraction of sp³-hybridized carbons (Fsp3) is 0.476. The molecule has 2 aliphatic heterocycles. The van der Waals surface area contributed by atoms with Crippen LogP contribution in [0.2, 0.25) is 0 Å². The first-order chi connectivity index (χ1) is 41.5. The van der Waals surface area contributed by atoms with E-state index in [-0.39, 0.29) is 54.3 Å². The molecule has 14 rings (SSSR count). The number of fused-ring (bicyclic) bond motifs is 9. The molecule has 4 aliphatic carbocycles. The van der Waals surface area contributed by atoms with Gasteiger partial charge in [-0.3, -0.25) is 0 Å². The summed E-state index contributed by atoms with van der Waals surface area (Å²) >= 11 is 1.94. The summed E-state index contributed by atoms with van der Waals surface area (Å²) in [5.74, 6) is 0. The number of nitrogens with zero attached hydrogens (tertiary/aromatic N) is 3. The van der Waals surface area contributed by atoms with E-state index in [4.69, 9.17) is 0 Å². The molecule has 0 N–H and O–H groups in total. The summed E-state index contributed by atoms with van der Waals surface area (Å²) in [6.07, 6.45) is 11.8. The van der Waals surface area contributed by atoms with Gasteiger partial charge in [0, 0.05) is 60.6 Å². The Balaban J connectivity index is 1.15. The molecule has 2 unspecified atom stereocenters. The Labute approximate surface area is 541 Å². The molecule has 1 saturated carbocycles. The highest BCUT2D eigenvalue weighted by atomic mass is 32.1. The number of hydrogen-bond acceptors (Lipinski definition) is 4. The van der Waals surface area contributed by atoms with Gasteiger partial charge in [0.05, 0.1) is 16.9 Å². The summed E-state index contributed by atoms with van der Waals surface area (Å²) in [6, 6.07) is 49.9. The van der Waals surface area contributed by atoms with Crippen molar-refractivity contribution in [3.63, 3.8) is 0 Å². The number of anilines is 8. The molecule has 7 aromatic carbocycles. The van der Waals surface area contributed by atoms with Crippen molar-refractivity contribution in [3.8, 4) is 11.1 Å². The molecule has 461 valence electrons. The lowest BCUT2D eigenvalue weighted by atomic mass is 9.58. The maximum atomic E-state index is 2.93. The van der Waals surface area contributed by atoms with Crippen LogP contribution in [0.15, 0.2) is 127 Å². The van der Waals surface area contributed by atoms with Gasteiger partial charge in [0.15, 0.2) is 7.28 Å². The van der Waals surface area contributed by atoms with Crippen molar-refractivity contribution in [1.29, 1.82) is 0 Å². The average molecular weight is 1200 g/mol. The highest BCUT2D eigenvalue weighted by molar-refractivity contribution is 7.17. The van der Waals surface area contributed by atoms with E-state index in [1.165, 1.54) is 168 Å². The fourth-order valence-electron chi connectivity index (χ4n) is 17.8. The zero-order chi connectivity index (χ0) is 63.3. The minimum atomic E-state index is -0.206. The molecular weight excluding hydrogens is 1090 g/mol. The minimum Gasteiger partial charge on any atom is -0.334 e. The second kappa shape index (κ2) is 19.7. The summed E-state index contributed by atoms with van der Waals surface area (Å²) in [4.78, 5) is 8.42. The van der Waals surface area contributed by atoms with Crippen molar-refractivity contribution in [2.45, 2.75) is 257 Å². The van der Waals surface area contributed by atoms with Gasteiger partial charge in [-0.1, -0.05) is 211 Å². The van der Waals surface area contributed by atoms with Gasteiger partial charge in [0.25, 0.3) is 0 Å². The van der Waals surface area contributed by atoms with Crippen molar-refractivity contribution in [2.75, 3.05) is 14.7 Å². The van der Waals surface area contributed by atoms with Crippen LogP contribution in [0.1, 0.15) is 253 Å². The monoisotopic (exact) mass is 1190 g/mol. The minimum absolute atomic E-state index is 0.00173. The van der Waals surface area contributed by atoms with Gasteiger partial charge in [-0.2, -0.15) is 0 Å². The average Bonchev–Trinajstić information content (AvgIpc) is 1.58. The van der Waals surface area contributed by atoms with E-state index in [1.807, 2.05) is 11.3 Å². The van der Waals surface area contributed by atoms with Crippen molar-refractivity contribution in [2.24, 2.45) is 0 Å². The SMILES string of the molecule is CC(C)(C)c1ccc2c(c1)[B]c1c(cc(N3c4cc5c(cc4C4(C)CCCCC34C)C(C)(C)CCC5(C)C)cc1N(c1ccc3c(c1)C(C)(C)CCC3(C)C)c1csc3cc4c(cc13)C(C)(C)CCC4(C)C)N2c1ccc(C(C)(C)C)cc1-c1ccccc1. The number of hydrogen-bond donors (Lipinski definition) is 0. The van der Waals surface area contributed by atoms with Crippen LogP contribution in [0.5, 0.6) is 0 Å². The van der Waals surface area contributed by atoms with Gasteiger partial charge in [0.2, 0.25) is 0 Å². The highest BCUT2D eigenvalue weighted by Crippen LogP contribution is 2.64. The third-order valence-electron chi connectivity index (χ3n) is 24.4. The Kier molecular flexibility index (Phi) is 13.4. The van der Waals surface area contributed by atoms with Gasteiger partial charge in [-0.05, 0) is 223 Å². The van der Waals surface area contributed by atoms with Crippen molar-refractivity contribution in [3.05, 3.63) is 177 Å². The first-order valence-corrected chi connectivity index (χ1v) is 35.1. The Morgan fingerprint density at radius 2 is 0.978 bits per heavy atom. The molecule has 1 radical (unpaired) electrons. The second-order valence-electron chi connectivity index (χ2n) is 35.2. The first-order valence-electron chi connectivity index (χ1n) is 34.2. The first kappa shape index (κ1) is 60.5. The molecule has 8 aromatic rings. The summed E-state index contributed by atoms with van der Waals surface area (Å²) < 4.78 is 1.37. The van der Waals surface area contributed by atoms with Crippen LogP contribution < -0.4 is 25.6 Å². The molecular formula is C84H101BN3S. The molecule has 0 spiro atoms. The predicted molar refractivity (Wildman–Crippen MR) is 388 cm³/mol. The van der Waals surface area contributed by atoms with Gasteiger partial charge in [0.1, 0.15) is 0 Å². The van der Waals surface area contributed by atoms with Crippen LogP contribution >= 0.6 is 11.3 Å². The quantitative estimate of drug-likeness (QED) is 0.154. The summed E-state index contributed by atoms with van der Waals surface area (Å²) in [7, 11) is 2.60. The molecule has 89 heavy (non-hydrogen) atoms. The standard InChI is InChI=1S/C84H101BN3S/c1-75(2,3)53-28-32-67(57(42-53)52-26-22-21-23-27-52)87-68-33-29-54(76(4,5)6)43-66(68)85-74-70(45-56(46-71(74)87)88-69-49-63-62(80(13,14)39-40-81(63,15)16)48-65(69)83(19)34-24-25-35-84(83,88)20)86(55-30-31-59-60(44-55)78(9,10)37-36-77(59,7)8)72-51-89-73-50-64-61(47-58(72)73)79(11,12)38-41-82(64,17)18/h21-23,26-33,42-51H,24-25,34-41H2,1-20H3. The topological polar surface area (TPSA) is 9.72 Å². The maximum Gasteiger partial charge on any atom is 0.199 e. The number of thiophene rings is 1. The zero-order valence-electron chi connectivity index (χ0n) is 58.0. The van der Waals surface area contributed by atoms with Crippen molar-refractivity contribution < 1.29 is 0 Å². The van der Waals surface area contributed by atoms with Crippen molar-refractivity contribution >= 4 is 85.1 Å². The van der Waals surface area contributed by atoms with Gasteiger partial charge in [-0.15, -0.1) is 11.3 Å². The lowest BCUT2D eigenvalue weighted by Gasteiger charge is -2.51. The second-order valence-corrected chi connectivity index (χ2v) is 36.1. The normalized spacial score (nSPS) is 23.1. The molecule has 3 heterocycles.